The van der Waals surface area contributed by atoms with E-state index < -0.39 is 5.41 Å². The number of nitrogens with zero attached hydrogens (tertiary/aromatic N) is 2. The molecule has 6 nitrogen and oxygen atoms in total. The third kappa shape index (κ3) is 3.00. The number of aryl methyl sites for hydroxylation is 1. The van der Waals surface area contributed by atoms with Crippen molar-refractivity contribution < 1.29 is 14.4 Å². The summed E-state index contributed by atoms with van der Waals surface area (Å²) in [6.07, 6.45) is 2.83. The summed E-state index contributed by atoms with van der Waals surface area (Å²) in [7, 11) is 0. The SMILES string of the molecule is CCc1ccccc1NC(=O)C1(C(=O)N2CCN(C=O)CC2)CC1. The quantitative estimate of drug-likeness (QED) is 0.653. The summed E-state index contributed by atoms with van der Waals surface area (Å²) in [5.74, 6) is -0.300. The molecule has 24 heavy (non-hydrogen) atoms. The van der Waals surface area contributed by atoms with E-state index in [4.69, 9.17) is 0 Å². The molecule has 2 fully saturated rings. The predicted molar refractivity (Wildman–Crippen MR) is 90.3 cm³/mol. The van der Waals surface area contributed by atoms with Gasteiger partial charge in [-0.2, -0.15) is 0 Å². The average Bonchev–Trinajstić information content (AvgIpc) is 3.43. The van der Waals surface area contributed by atoms with Crippen LogP contribution in [0.25, 0.3) is 0 Å². The monoisotopic (exact) mass is 329 g/mol. The van der Waals surface area contributed by atoms with Crippen LogP contribution in [0.3, 0.4) is 0 Å². The minimum absolute atomic E-state index is 0.0977. The van der Waals surface area contributed by atoms with Gasteiger partial charge in [-0.1, -0.05) is 25.1 Å². The van der Waals surface area contributed by atoms with E-state index in [1.807, 2.05) is 31.2 Å². The maximum atomic E-state index is 12.8. The Morgan fingerprint density at radius 3 is 2.42 bits per heavy atom. The Kier molecular flexibility index (Phi) is 4.55. The van der Waals surface area contributed by atoms with Crippen LogP contribution in [0.1, 0.15) is 25.3 Å². The minimum Gasteiger partial charge on any atom is -0.342 e. The molecule has 0 atom stereocenters. The summed E-state index contributed by atoms with van der Waals surface area (Å²) in [4.78, 5) is 39.7. The fraction of sp³-hybridized carbons (Fsp3) is 0.500. The predicted octanol–water partition coefficient (Wildman–Crippen LogP) is 1.27. The molecule has 1 aromatic rings. The fourth-order valence-electron chi connectivity index (χ4n) is 3.19. The Hall–Kier alpha value is -2.37. The molecule has 128 valence electrons. The number of anilines is 1. The van der Waals surface area contributed by atoms with Crippen LogP contribution in [0.15, 0.2) is 24.3 Å². The molecule has 3 rings (SSSR count). The first-order valence-electron chi connectivity index (χ1n) is 8.49. The zero-order valence-corrected chi connectivity index (χ0v) is 14.0. The first kappa shape index (κ1) is 16.5. The highest BCUT2D eigenvalue weighted by molar-refractivity contribution is 6.13. The molecule has 1 N–H and O–H groups in total. The van der Waals surface area contributed by atoms with Crippen LogP contribution in [0.4, 0.5) is 5.69 Å². The van der Waals surface area contributed by atoms with Crippen LogP contribution in [-0.4, -0.2) is 54.2 Å². The molecule has 0 aromatic heterocycles. The number of amides is 3. The first-order chi connectivity index (χ1) is 11.6. The van der Waals surface area contributed by atoms with Crippen molar-refractivity contribution in [2.75, 3.05) is 31.5 Å². The summed E-state index contributed by atoms with van der Waals surface area (Å²) in [6.45, 7) is 4.10. The second kappa shape index (κ2) is 6.63. The summed E-state index contributed by atoms with van der Waals surface area (Å²) in [5, 5.41) is 2.95. The molecule has 6 heteroatoms. The van der Waals surface area contributed by atoms with Crippen LogP contribution in [0, 0.1) is 5.41 Å². The molecule has 1 aliphatic carbocycles. The number of piperazine rings is 1. The van der Waals surface area contributed by atoms with Crippen molar-refractivity contribution in [3.05, 3.63) is 29.8 Å². The lowest BCUT2D eigenvalue weighted by atomic mass is 10.0. The number of rotatable bonds is 5. The first-order valence-corrected chi connectivity index (χ1v) is 8.49. The third-order valence-corrected chi connectivity index (χ3v) is 4.99. The molecule has 1 aliphatic heterocycles. The van der Waals surface area contributed by atoms with Crippen LogP contribution in [-0.2, 0) is 20.8 Å². The minimum atomic E-state index is -0.912. The maximum Gasteiger partial charge on any atom is 0.240 e. The second-order valence-electron chi connectivity index (χ2n) is 6.48. The molecule has 0 radical (unpaired) electrons. The van der Waals surface area contributed by atoms with E-state index in [9.17, 15) is 14.4 Å². The van der Waals surface area contributed by atoms with Crippen LogP contribution in [0.5, 0.6) is 0 Å². The maximum absolute atomic E-state index is 12.8. The number of hydrogen-bond donors (Lipinski definition) is 1. The number of carbonyl (C=O) groups excluding carboxylic acids is 3. The van der Waals surface area contributed by atoms with Crippen molar-refractivity contribution in [2.24, 2.45) is 5.41 Å². The van der Waals surface area contributed by atoms with Gasteiger partial charge in [0.15, 0.2) is 0 Å². The van der Waals surface area contributed by atoms with Crippen molar-refractivity contribution in [2.45, 2.75) is 26.2 Å². The van der Waals surface area contributed by atoms with Gasteiger partial charge in [0.1, 0.15) is 5.41 Å². The van der Waals surface area contributed by atoms with Gasteiger partial charge in [0.2, 0.25) is 18.2 Å². The smallest absolute Gasteiger partial charge is 0.240 e. The van der Waals surface area contributed by atoms with Crippen molar-refractivity contribution in [3.8, 4) is 0 Å². The Balaban J connectivity index is 1.68. The summed E-state index contributed by atoms with van der Waals surface area (Å²) >= 11 is 0. The molecule has 0 unspecified atom stereocenters. The number of para-hydroxylation sites is 1. The number of nitrogens with one attached hydrogen (secondary N) is 1. The molecule has 0 spiro atoms. The molecule has 2 aliphatic rings. The van der Waals surface area contributed by atoms with E-state index in [0.29, 0.717) is 39.0 Å². The van der Waals surface area contributed by atoms with Crippen LogP contribution < -0.4 is 5.32 Å². The lowest BCUT2D eigenvalue weighted by Crippen LogP contribution is -2.52. The van der Waals surface area contributed by atoms with E-state index in [2.05, 4.69) is 5.32 Å². The lowest BCUT2D eigenvalue weighted by Gasteiger charge is -2.34. The lowest BCUT2D eigenvalue weighted by molar-refractivity contribution is -0.144. The Morgan fingerprint density at radius 1 is 1.17 bits per heavy atom. The van der Waals surface area contributed by atoms with Gasteiger partial charge < -0.3 is 15.1 Å². The van der Waals surface area contributed by atoms with E-state index in [1.165, 1.54) is 0 Å². The number of benzene rings is 1. The molecule has 1 saturated carbocycles. The molecule has 0 bridgehead atoms. The average molecular weight is 329 g/mol. The molecule has 1 saturated heterocycles. The van der Waals surface area contributed by atoms with E-state index in [-0.39, 0.29) is 11.8 Å². The molecular weight excluding hydrogens is 306 g/mol. The highest BCUT2D eigenvalue weighted by atomic mass is 16.2. The molecule has 3 amide bonds. The normalized spacial score (nSPS) is 18.9. The Morgan fingerprint density at radius 2 is 1.83 bits per heavy atom. The van der Waals surface area contributed by atoms with Crippen LogP contribution in [0.2, 0.25) is 0 Å². The number of carbonyl (C=O) groups is 3. The van der Waals surface area contributed by atoms with Gasteiger partial charge in [-0.15, -0.1) is 0 Å². The highest BCUT2D eigenvalue weighted by Crippen LogP contribution is 2.48. The topological polar surface area (TPSA) is 69.7 Å². The van der Waals surface area contributed by atoms with E-state index >= 15 is 0 Å². The number of hydrogen-bond acceptors (Lipinski definition) is 3. The summed E-state index contributed by atoms with van der Waals surface area (Å²) < 4.78 is 0. The van der Waals surface area contributed by atoms with Crippen molar-refractivity contribution in [1.82, 2.24) is 9.80 Å². The van der Waals surface area contributed by atoms with Crippen LogP contribution >= 0.6 is 0 Å². The van der Waals surface area contributed by atoms with Gasteiger partial charge in [0, 0.05) is 31.9 Å². The second-order valence-corrected chi connectivity index (χ2v) is 6.48. The van der Waals surface area contributed by atoms with Gasteiger partial charge in [0.25, 0.3) is 0 Å². The van der Waals surface area contributed by atoms with Crippen molar-refractivity contribution in [1.29, 1.82) is 0 Å². The van der Waals surface area contributed by atoms with Gasteiger partial charge in [-0.3, -0.25) is 14.4 Å². The third-order valence-electron chi connectivity index (χ3n) is 4.99. The Bertz CT molecular complexity index is 647. The molecular formula is C18H23N3O3. The van der Waals surface area contributed by atoms with E-state index in [1.54, 1.807) is 9.80 Å². The molecule has 1 heterocycles. The van der Waals surface area contributed by atoms with Crippen molar-refractivity contribution >= 4 is 23.9 Å². The zero-order chi connectivity index (χ0) is 17.2. The van der Waals surface area contributed by atoms with Crippen molar-refractivity contribution in [3.63, 3.8) is 0 Å². The van der Waals surface area contributed by atoms with E-state index in [0.717, 1.165) is 24.1 Å². The van der Waals surface area contributed by atoms with Gasteiger partial charge in [-0.25, -0.2) is 0 Å². The fourth-order valence-corrected chi connectivity index (χ4v) is 3.19. The summed E-state index contributed by atoms with van der Waals surface area (Å²) in [5.41, 5.74) is 0.938. The standard InChI is InChI=1S/C18H23N3O3/c1-2-14-5-3-4-6-15(14)19-16(23)18(7-8-18)17(24)21-11-9-20(13-22)10-12-21/h3-6,13H,2,7-12H2,1H3,(H,19,23). The largest absolute Gasteiger partial charge is 0.342 e. The summed E-state index contributed by atoms with van der Waals surface area (Å²) in [6, 6.07) is 7.68. The highest BCUT2D eigenvalue weighted by Gasteiger charge is 2.58. The molecule has 1 aromatic carbocycles. The zero-order valence-electron chi connectivity index (χ0n) is 14.0. The van der Waals surface area contributed by atoms with Gasteiger partial charge >= 0.3 is 0 Å². The van der Waals surface area contributed by atoms with Gasteiger partial charge in [0.05, 0.1) is 0 Å². The Labute approximate surface area is 141 Å². The van der Waals surface area contributed by atoms with Gasteiger partial charge in [-0.05, 0) is 30.9 Å².